The van der Waals surface area contributed by atoms with E-state index < -0.39 is 29.2 Å². The van der Waals surface area contributed by atoms with Gasteiger partial charge in [-0.1, -0.05) is 23.9 Å². The zero-order valence-corrected chi connectivity index (χ0v) is 16.0. The zero-order chi connectivity index (χ0) is 21.0. The molecule has 29 heavy (non-hydrogen) atoms. The van der Waals surface area contributed by atoms with Crippen molar-refractivity contribution in [3.63, 3.8) is 0 Å². The predicted octanol–water partition coefficient (Wildman–Crippen LogP) is 3.03. The first-order chi connectivity index (χ1) is 13.9. The quantitative estimate of drug-likeness (QED) is 0.505. The molecular weight excluding hydrogens is 404 g/mol. The van der Waals surface area contributed by atoms with Crippen molar-refractivity contribution in [3.05, 3.63) is 64.5 Å². The van der Waals surface area contributed by atoms with Gasteiger partial charge in [0.25, 0.3) is 5.56 Å². The molecule has 7 nitrogen and oxygen atoms in total. The number of fused-ring (bicyclic) bond motifs is 1. The van der Waals surface area contributed by atoms with Crippen molar-refractivity contribution < 1.29 is 23.1 Å². The van der Waals surface area contributed by atoms with E-state index in [9.17, 15) is 23.2 Å². The third-order valence-electron chi connectivity index (χ3n) is 3.74. The Morgan fingerprint density at radius 1 is 1.21 bits per heavy atom. The van der Waals surface area contributed by atoms with E-state index in [0.717, 1.165) is 28.5 Å². The molecule has 2 aromatic carbocycles. The third kappa shape index (κ3) is 4.60. The average Bonchev–Trinajstić information content (AvgIpc) is 2.67. The van der Waals surface area contributed by atoms with Gasteiger partial charge in [0.15, 0.2) is 5.16 Å². The van der Waals surface area contributed by atoms with Crippen molar-refractivity contribution in [2.24, 2.45) is 0 Å². The Kier molecular flexibility index (Phi) is 6.23. The summed E-state index contributed by atoms with van der Waals surface area (Å²) in [5, 5.41) is 2.27. The van der Waals surface area contributed by atoms with Crippen LogP contribution >= 0.6 is 11.8 Å². The summed E-state index contributed by atoms with van der Waals surface area (Å²) in [5.41, 5.74) is -0.429. The lowest BCUT2D eigenvalue weighted by atomic mass is 10.2. The zero-order valence-electron chi connectivity index (χ0n) is 15.1. The van der Waals surface area contributed by atoms with Gasteiger partial charge in [-0.2, -0.15) is 0 Å². The molecule has 0 aliphatic carbocycles. The number of hydrogen-bond acceptors (Lipinski definition) is 6. The van der Waals surface area contributed by atoms with E-state index in [1.165, 1.54) is 6.07 Å². The third-order valence-corrected chi connectivity index (χ3v) is 4.68. The number of nitrogens with zero attached hydrogens (tertiary/aromatic N) is 2. The van der Waals surface area contributed by atoms with Crippen LogP contribution in [0.5, 0.6) is 0 Å². The molecule has 0 radical (unpaired) electrons. The van der Waals surface area contributed by atoms with Crippen LogP contribution in [0.3, 0.4) is 0 Å². The summed E-state index contributed by atoms with van der Waals surface area (Å²) >= 11 is 0.824. The Bertz CT molecular complexity index is 1150. The van der Waals surface area contributed by atoms with Gasteiger partial charge in [-0.3, -0.25) is 19.5 Å². The van der Waals surface area contributed by atoms with Gasteiger partial charge in [-0.05, 0) is 31.2 Å². The lowest BCUT2D eigenvalue weighted by Crippen LogP contribution is -2.32. The van der Waals surface area contributed by atoms with E-state index >= 15 is 0 Å². The number of carbonyl (C=O) groups is 2. The van der Waals surface area contributed by atoms with Gasteiger partial charge in [0.05, 0.1) is 29.0 Å². The molecule has 10 heteroatoms. The molecular formula is C19H15F2N3O4S. The van der Waals surface area contributed by atoms with Crippen LogP contribution in [0.1, 0.15) is 6.92 Å². The number of thioether (sulfide) groups is 1. The lowest BCUT2D eigenvalue weighted by molar-refractivity contribution is -0.117. The van der Waals surface area contributed by atoms with Crippen LogP contribution in [-0.4, -0.2) is 33.9 Å². The standard InChI is InChI=1S/C19H15F2N3O4S/c1-2-28-19(27)23-16(25)10-29-18-22-14-6-4-3-5-12(14)17(26)24(18)15-8-7-11(20)9-13(15)21/h3-9H,2,10H2,1H3,(H,23,25,27). The van der Waals surface area contributed by atoms with Crippen LogP contribution in [-0.2, 0) is 9.53 Å². The van der Waals surface area contributed by atoms with E-state index in [0.29, 0.717) is 11.6 Å². The second-order valence-electron chi connectivity index (χ2n) is 5.71. The van der Waals surface area contributed by atoms with Crippen molar-refractivity contribution in [2.45, 2.75) is 12.1 Å². The second kappa shape index (κ2) is 8.82. The summed E-state index contributed by atoms with van der Waals surface area (Å²) < 4.78 is 33.3. The smallest absolute Gasteiger partial charge is 0.413 e. The van der Waals surface area contributed by atoms with Crippen LogP contribution in [0.4, 0.5) is 13.6 Å². The molecule has 0 aliphatic heterocycles. The highest BCUT2D eigenvalue weighted by molar-refractivity contribution is 7.99. The molecule has 0 spiro atoms. The predicted molar refractivity (Wildman–Crippen MR) is 103 cm³/mol. The van der Waals surface area contributed by atoms with Gasteiger partial charge in [-0.15, -0.1) is 0 Å². The molecule has 0 bridgehead atoms. The highest BCUT2D eigenvalue weighted by atomic mass is 32.2. The number of imide groups is 1. The average molecular weight is 419 g/mol. The van der Waals surface area contributed by atoms with Crippen LogP contribution in [0.2, 0.25) is 0 Å². The summed E-state index contributed by atoms with van der Waals surface area (Å²) in [6.45, 7) is 1.69. The molecule has 1 heterocycles. The number of halogens is 2. The van der Waals surface area contributed by atoms with E-state index in [2.05, 4.69) is 9.72 Å². The first kappa shape index (κ1) is 20.5. The van der Waals surface area contributed by atoms with Gasteiger partial charge in [0.1, 0.15) is 11.6 Å². The SMILES string of the molecule is CCOC(=O)NC(=O)CSc1nc2ccccc2c(=O)n1-c1ccc(F)cc1F. The molecule has 0 unspecified atom stereocenters. The molecule has 3 rings (SSSR count). The number of ether oxygens (including phenoxy) is 1. The fraction of sp³-hybridized carbons (Fsp3) is 0.158. The van der Waals surface area contributed by atoms with Gasteiger partial charge in [-0.25, -0.2) is 18.6 Å². The molecule has 150 valence electrons. The number of nitrogens with one attached hydrogen (secondary N) is 1. The topological polar surface area (TPSA) is 90.3 Å². The molecule has 1 aromatic heterocycles. The summed E-state index contributed by atoms with van der Waals surface area (Å²) in [4.78, 5) is 40.6. The second-order valence-corrected chi connectivity index (χ2v) is 6.65. The van der Waals surface area contributed by atoms with Crippen molar-refractivity contribution in [1.82, 2.24) is 14.9 Å². The Hall–Kier alpha value is -3.27. The first-order valence-electron chi connectivity index (χ1n) is 8.47. The molecule has 0 fully saturated rings. The molecule has 0 aliphatic rings. The Morgan fingerprint density at radius 3 is 2.69 bits per heavy atom. The first-order valence-corrected chi connectivity index (χ1v) is 9.46. The molecule has 3 aromatic rings. The molecule has 0 atom stereocenters. The summed E-state index contributed by atoms with van der Waals surface area (Å²) in [6, 6.07) is 9.23. The Labute approximate surface area is 167 Å². The summed E-state index contributed by atoms with van der Waals surface area (Å²) in [5.74, 6) is -2.72. The molecule has 1 N–H and O–H groups in total. The normalized spacial score (nSPS) is 10.7. The van der Waals surface area contributed by atoms with Gasteiger partial charge < -0.3 is 4.74 Å². The molecule has 2 amide bonds. The van der Waals surface area contributed by atoms with E-state index in [-0.39, 0.29) is 28.6 Å². The maximum Gasteiger partial charge on any atom is 0.413 e. The molecule has 0 saturated heterocycles. The van der Waals surface area contributed by atoms with Crippen molar-refractivity contribution >= 4 is 34.7 Å². The number of carbonyl (C=O) groups excluding carboxylic acids is 2. The van der Waals surface area contributed by atoms with Crippen LogP contribution in [0, 0.1) is 11.6 Å². The van der Waals surface area contributed by atoms with E-state index in [1.807, 2.05) is 5.32 Å². The fourth-order valence-corrected chi connectivity index (χ4v) is 3.34. The lowest BCUT2D eigenvalue weighted by Gasteiger charge is -2.13. The van der Waals surface area contributed by atoms with Crippen LogP contribution < -0.4 is 10.9 Å². The van der Waals surface area contributed by atoms with Crippen LogP contribution in [0.15, 0.2) is 52.4 Å². The number of amides is 2. The minimum Gasteiger partial charge on any atom is -0.450 e. The Balaban J connectivity index is 2.02. The largest absolute Gasteiger partial charge is 0.450 e. The van der Waals surface area contributed by atoms with Crippen molar-refractivity contribution in [3.8, 4) is 5.69 Å². The van der Waals surface area contributed by atoms with Crippen molar-refractivity contribution in [1.29, 1.82) is 0 Å². The minimum absolute atomic E-state index is 0.0122. The highest BCUT2D eigenvalue weighted by Crippen LogP contribution is 2.23. The number of rotatable bonds is 5. The van der Waals surface area contributed by atoms with Gasteiger partial charge in [0, 0.05) is 6.07 Å². The maximum atomic E-state index is 14.4. The Morgan fingerprint density at radius 2 is 1.97 bits per heavy atom. The summed E-state index contributed by atoms with van der Waals surface area (Å²) in [7, 11) is 0. The van der Waals surface area contributed by atoms with E-state index in [1.54, 1.807) is 25.1 Å². The number of para-hydroxylation sites is 1. The number of aromatic nitrogens is 2. The minimum atomic E-state index is -0.956. The maximum absolute atomic E-state index is 14.4. The monoisotopic (exact) mass is 419 g/mol. The fourth-order valence-electron chi connectivity index (χ4n) is 2.53. The van der Waals surface area contributed by atoms with Gasteiger partial charge in [0.2, 0.25) is 5.91 Å². The highest BCUT2D eigenvalue weighted by Gasteiger charge is 2.18. The number of benzene rings is 2. The number of alkyl carbamates (subject to hydrolysis) is 1. The molecule has 0 saturated carbocycles. The number of hydrogen-bond donors (Lipinski definition) is 1. The van der Waals surface area contributed by atoms with Crippen LogP contribution in [0.25, 0.3) is 16.6 Å². The van der Waals surface area contributed by atoms with Gasteiger partial charge >= 0.3 is 6.09 Å². The van der Waals surface area contributed by atoms with Crippen molar-refractivity contribution in [2.75, 3.05) is 12.4 Å². The van der Waals surface area contributed by atoms with E-state index in [4.69, 9.17) is 0 Å². The summed E-state index contributed by atoms with van der Waals surface area (Å²) in [6.07, 6.45) is -0.897.